The molecule has 0 fully saturated rings. The summed E-state index contributed by atoms with van der Waals surface area (Å²) in [5.41, 5.74) is 1.56. The van der Waals surface area contributed by atoms with E-state index in [1.807, 2.05) is 0 Å². The number of nitrogens with one attached hydrogen (secondary N) is 1. The molecule has 0 radical (unpaired) electrons. The first-order valence-electron chi connectivity index (χ1n) is 5.14. The van der Waals surface area contributed by atoms with E-state index in [1.54, 1.807) is 37.3 Å². The van der Waals surface area contributed by atoms with E-state index in [4.69, 9.17) is 9.63 Å². The Morgan fingerprint density at radius 2 is 2.12 bits per heavy atom. The molecule has 1 aromatic carbocycles. The Bertz CT molecular complexity index is 517. The number of aryl methyl sites for hydroxylation is 1. The number of hydrogen-bond donors (Lipinski definition) is 2. The Labute approximate surface area is 98.1 Å². The Kier molecular flexibility index (Phi) is 3.09. The van der Waals surface area contributed by atoms with Gasteiger partial charge in [0.25, 0.3) is 5.91 Å². The van der Waals surface area contributed by atoms with Crippen LogP contribution in [0.25, 0.3) is 0 Å². The molecule has 0 aliphatic rings. The van der Waals surface area contributed by atoms with E-state index in [9.17, 15) is 4.79 Å². The lowest BCUT2D eigenvalue weighted by atomic mass is 10.2. The molecule has 0 aliphatic heterocycles. The molecular weight excluding hydrogens is 220 g/mol. The fourth-order valence-electron chi connectivity index (χ4n) is 1.35. The smallest absolute Gasteiger partial charge is 0.290 e. The van der Waals surface area contributed by atoms with Gasteiger partial charge in [0.1, 0.15) is 5.75 Å². The minimum absolute atomic E-state index is 0.196. The minimum atomic E-state index is -0.307. The second-order valence-electron chi connectivity index (χ2n) is 3.68. The van der Waals surface area contributed by atoms with Gasteiger partial charge in [0.2, 0.25) is 5.76 Å². The zero-order chi connectivity index (χ0) is 12.3. The number of hydrogen-bond acceptors (Lipinski definition) is 4. The summed E-state index contributed by atoms with van der Waals surface area (Å²) in [6, 6.07) is 8.19. The first-order valence-corrected chi connectivity index (χ1v) is 5.14. The first kappa shape index (κ1) is 11.2. The molecule has 0 bridgehead atoms. The topological polar surface area (TPSA) is 75.4 Å². The van der Waals surface area contributed by atoms with E-state index in [-0.39, 0.29) is 17.4 Å². The van der Waals surface area contributed by atoms with Crippen molar-refractivity contribution in [2.45, 2.75) is 13.5 Å². The number of amides is 1. The molecule has 0 aliphatic carbocycles. The molecule has 2 rings (SSSR count). The van der Waals surface area contributed by atoms with E-state index >= 15 is 0 Å². The molecule has 1 aromatic heterocycles. The van der Waals surface area contributed by atoms with E-state index < -0.39 is 0 Å². The van der Waals surface area contributed by atoms with Crippen molar-refractivity contribution in [3.05, 3.63) is 47.3 Å². The summed E-state index contributed by atoms with van der Waals surface area (Å²) in [5.74, 6) is 0.0888. The van der Waals surface area contributed by atoms with Crippen LogP contribution < -0.4 is 5.32 Å². The molecule has 2 N–H and O–H groups in total. The third-order valence-electron chi connectivity index (χ3n) is 2.24. The Morgan fingerprint density at radius 1 is 1.41 bits per heavy atom. The lowest BCUT2D eigenvalue weighted by Gasteiger charge is -2.02. The van der Waals surface area contributed by atoms with Gasteiger partial charge >= 0.3 is 0 Å². The summed E-state index contributed by atoms with van der Waals surface area (Å²) in [4.78, 5) is 11.6. The summed E-state index contributed by atoms with van der Waals surface area (Å²) in [5, 5.41) is 15.4. The second-order valence-corrected chi connectivity index (χ2v) is 3.68. The molecule has 17 heavy (non-hydrogen) atoms. The molecule has 1 heterocycles. The van der Waals surface area contributed by atoms with Crippen LogP contribution in [0.5, 0.6) is 5.75 Å². The van der Waals surface area contributed by atoms with Crippen molar-refractivity contribution >= 4 is 5.91 Å². The van der Waals surface area contributed by atoms with Gasteiger partial charge < -0.3 is 14.9 Å². The van der Waals surface area contributed by atoms with Crippen LogP contribution in [0.15, 0.2) is 34.9 Å². The second kappa shape index (κ2) is 4.69. The number of carbonyl (C=O) groups excluding carboxylic acids is 1. The number of benzene rings is 1. The van der Waals surface area contributed by atoms with Crippen molar-refractivity contribution in [2.24, 2.45) is 0 Å². The van der Waals surface area contributed by atoms with Gasteiger partial charge in [-0.15, -0.1) is 0 Å². The molecule has 0 unspecified atom stereocenters. The van der Waals surface area contributed by atoms with Gasteiger partial charge in [0.05, 0.1) is 5.69 Å². The largest absolute Gasteiger partial charge is 0.508 e. The van der Waals surface area contributed by atoms with Crippen LogP contribution in [0.4, 0.5) is 0 Å². The highest BCUT2D eigenvalue weighted by atomic mass is 16.5. The van der Waals surface area contributed by atoms with Crippen LogP contribution in [0, 0.1) is 6.92 Å². The Balaban J connectivity index is 1.94. The van der Waals surface area contributed by atoms with Crippen LogP contribution in [0.3, 0.4) is 0 Å². The van der Waals surface area contributed by atoms with Crippen molar-refractivity contribution in [2.75, 3.05) is 0 Å². The molecule has 2 aromatic rings. The lowest BCUT2D eigenvalue weighted by Crippen LogP contribution is -2.22. The van der Waals surface area contributed by atoms with Crippen molar-refractivity contribution < 1.29 is 14.4 Å². The van der Waals surface area contributed by atoms with Gasteiger partial charge in [-0.3, -0.25) is 4.79 Å². The molecule has 0 saturated heterocycles. The first-order chi connectivity index (χ1) is 8.15. The normalized spacial score (nSPS) is 10.2. The van der Waals surface area contributed by atoms with E-state index in [0.29, 0.717) is 12.2 Å². The van der Waals surface area contributed by atoms with Crippen molar-refractivity contribution in [1.29, 1.82) is 0 Å². The maximum atomic E-state index is 11.6. The number of phenolic OH excluding ortho intramolecular Hbond substituents is 1. The summed E-state index contributed by atoms with van der Waals surface area (Å²) in [6.07, 6.45) is 0. The van der Waals surface area contributed by atoms with E-state index in [1.165, 1.54) is 0 Å². The van der Waals surface area contributed by atoms with Crippen molar-refractivity contribution in [3.63, 3.8) is 0 Å². The van der Waals surface area contributed by atoms with Crippen molar-refractivity contribution in [1.82, 2.24) is 10.5 Å². The number of nitrogens with zero attached hydrogens (tertiary/aromatic N) is 1. The van der Waals surface area contributed by atoms with Gasteiger partial charge in [0, 0.05) is 12.6 Å². The number of phenols is 1. The summed E-state index contributed by atoms with van der Waals surface area (Å²) in [6.45, 7) is 2.12. The van der Waals surface area contributed by atoms with Crippen LogP contribution in [0.2, 0.25) is 0 Å². The third-order valence-corrected chi connectivity index (χ3v) is 2.24. The highest BCUT2D eigenvalue weighted by Crippen LogP contribution is 2.09. The fraction of sp³-hybridized carbons (Fsp3) is 0.167. The van der Waals surface area contributed by atoms with E-state index in [0.717, 1.165) is 5.56 Å². The molecule has 1 amide bonds. The van der Waals surface area contributed by atoms with E-state index in [2.05, 4.69) is 10.5 Å². The third kappa shape index (κ3) is 2.84. The molecule has 0 atom stereocenters. The number of aromatic hydroxyl groups is 1. The standard InChI is InChI=1S/C12H12N2O3/c1-8-6-11(17-14-8)12(16)13-7-9-2-4-10(15)5-3-9/h2-6,15H,7H2,1H3,(H,13,16). The zero-order valence-electron chi connectivity index (χ0n) is 9.30. The van der Waals surface area contributed by atoms with Gasteiger partial charge in [-0.1, -0.05) is 17.3 Å². The summed E-state index contributed by atoms with van der Waals surface area (Å²) >= 11 is 0. The maximum absolute atomic E-state index is 11.6. The lowest BCUT2D eigenvalue weighted by molar-refractivity contribution is 0.0914. The van der Waals surface area contributed by atoms with Crippen LogP contribution in [0.1, 0.15) is 21.8 Å². The van der Waals surface area contributed by atoms with Crippen LogP contribution >= 0.6 is 0 Å². The predicted molar refractivity (Wildman–Crippen MR) is 60.5 cm³/mol. The molecular formula is C12H12N2O3. The van der Waals surface area contributed by atoms with Crippen LogP contribution in [-0.4, -0.2) is 16.2 Å². The molecule has 0 saturated carbocycles. The predicted octanol–water partition coefficient (Wildman–Crippen LogP) is 1.62. The molecule has 88 valence electrons. The average Bonchev–Trinajstić information content (AvgIpc) is 2.75. The number of aromatic nitrogens is 1. The van der Waals surface area contributed by atoms with Crippen molar-refractivity contribution in [3.8, 4) is 5.75 Å². The Hall–Kier alpha value is -2.30. The highest BCUT2D eigenvalue weighted by Gasteiger charge is 2.10. The van der Waals surface area contributed by atoms with Crippen LogP contribution in [-0.2, 0) is 6.54 Å². The Morgan fingerprint density at radius 3 is 2.71 bits per heavy atom. The summed E-state index contributed by atoms with van der Waals surface area (Å²) < 4.78 is 4.83. The highest BCUT2D eigenvalue weighted by molar-refractivity contribution is 5.91. The number of rotatable bonds is 3. The monoisotopic (exact) mass is 232 g/mol. The van der Waals surface area contributed by atoms with Gasteiger partial charge in [-0.2, -0.15) is 0 Å². The van der Waals surface area contributed by atoms with Gasteiger partial charge in [-0.05, 0) is 24.6 Å². The minimum Gasteiger partial charge on any atom is -0.508 e. The average molecular weight is 232 g/mol. The fourth-order valence-corrected chi connectivity index (χ4v) is 1.35. The number of carbonyl (C=O) groups is 1. The molecule has 5 nitrogen and oxygen atoms in total. The molecule has 5 heteroatoms. The zero-order valence-corrected chi connectivity index (χ0v) is 9.30. The quantitative estimate of drug-likeness (QED) is 0.843. The summed E-state index contributed by atoms with van der Waals surface area (Å²) in [7, 11) is 0. The van der Waals surface area contributed by atoms with Gasteiger partial charge in [0.15, 0.2) is 0 Å². The SMILES string of the molecule is Cc1cc(C(=O)NCc2ccc(O)cc2)on1. The molecule has 0 spiro atoms. The maximum Gasteiger partial charge on any atom is 0.290 e. The van der Waals surface area contributed by atoms with Gasteiger partial charge in [-0.25, -0.2) is 0 Å².